The molecular formula is C18H23N3O4. The highest BCUT2D eigenvalue weighted by Gasteiger charge is 2.41. The van der Waals surface area contributed by atoms with Gasteiger partial charge in [-0.1, -0.05) is 12.1 Å². The fraction of sp³-hybridized carbons (Fsp3) is 0.556. The molecule has 3 heterocycles. The summed E-state index contributed by atoms with van der Waals surface area (Å²) in [6, 6.07) is 6.92. The van der Waals surface area contributed by atoms with Gasteiger partial charge in [-0.2, -0.15) is 0 Å². The normalized spacial score (nSPS) is 29.6. The number of rotatable bonds is 3. The van der Waals surface area contributed by atoms with Crippen LogP contribution in [0.3, 0.4) is 0 Å². The zero-order valence-corrected chi connectivity index (χ0v) is 14.3. The minimum Gasteiger partial charge on any atom is -0.486 e. The van der Waals surface area contributed by atoms with Gasteiger partial charge in [0, 0.05) is 13.1 Å². The predicted molar refractivity (Wildman–Crippen MR) is 90.7 cm³/mol. The van der Waals surface area contributed by atoms with Crippen LogP contribution in [0.2, 0.25) is 0 Å². The third-order valence-electron chi connectivity index (χ3n) is 5.04. The topological polar surface area (TPSA) is 71.1 Å². The maximum absolute atomic E-state index is 12.2. The van der Waals surface area contributed by atoms with Gasteiger partial charge in [0.2, 0.25) is 0 Å². The highest BCUT2D eigenvalue weighted by atomic mass is 16.6. The molecule has 0 saturated carbocycles. The summed E-state index contributed by atoms with van der Waals surface area (Å²) in [6.07, 6.45) is 1.77. The summed E-state index contributed by atoms with van der Waals surface area (Å²) in [5, 5.41) is 2.70. The molecule has 134 valence electrons. The van der Waals surface area contributed by atoms with Crippen molar-refractivity contribution in [3.05, 3.63) is 24.3 Å². The largest absolute Gasteiger partial charge is 0.486 e. The number of carbonyl (C=O) groups is 2. The van der Waals surface area contributed by atoms with E-state index in [1.807, 2.05) is 24.3 Å². The molecule has 2 fully saturated rings. The quantitative estimate of drug-likeness (QED) is 0.835. The molecule has 7 nitrogen and oxygen atoms in total. The van der Waals surface area contributed by atoms with Crippen LogP contribution in [0, 0.1) is 0 Å². The lowest BCUT2D eigenvalue weighted by Gasteiger charge is -2.38. The SMILES string of the molecule is C[C@@H]1NC(=O)N([C@H]2CCCN(C[C@H]3COc4ccccc4O3)C2)C1=O. The van der Waals surface area contributed by atoms with Crippen LogP contribution >= 0.6 is 0 Å². The van der Waals surface area contributed by atoms with Crippen molar-refractivity contribution in [2.24, 2.45) is 0 Å². The van der Waals surface area contributed by atoms with Crippen LogP contribution in [0.1, 0.15) is 19.8 Å². The Morgan fingerprint density at radius 2 is 2.04 bits per heavy atom. The Morgan fingerprint density at radius 3 is 2.80 bits per heavy atom. The van der Waals surface area contributed by atoms with E-state index in [0.29, 0.717) is 13.2 Å². The molecule has 0 unspecified atom stereocenters. The highest BCUT2D eigenvalue weighted by Crippen LogP contribution is 2.31. The molecule has 0 aliphatic carbocycles. The van der Waals surface area contributed by atoms with E-state index in [9.17, 15) is 9.59 Å². The van der Waals surface area contributed by atoms with Crippen LogP contribution in [-0.4, -0.2) is 66.2 Å². The second kappa shape index (κ2) is 6.55. The Morgan fingerprint density at radius 1 is 1.24 bits per heavy atom. The first-order valence-electron chi connectivity index (χ1n) is 8.86. The molecule has 25 heavy (non-hydrogen) atoms. The monoisotopic (exact) mass is 345 g/mol. The predicted octanol–water partition coefficient (Wildman–Crippen LogP) is 1.23. The number of para-hydroxylation sites is 2. The molecule has 0 bridgehead atoms. The second-order valence-electron chi connectivity index (χ2n) is 6.93. The van der Waals surface area contributed by atoms with E-state index >= 15 is 0 Å². The van der Waals surface area contributed by atoms with E-state index in [-0.39, 0.29) is 24.1 Å². The van der Waals surface area contributed by atoms with Gasteiger partial charge in [-0.25, -0.2) is 4.79 Å². The summed E-state index contributed by atoms with van der Waals surface area (Å²) >= 11 is 0. The first-order valence-corrected chi connectivity index (χ1v) is 8.86. The number of nitrogens with zero attached hydrogens (tertiary/aromatic N) is 2. The number of hydrogen-bond donors (Lipinski definition) is 1. The number of amides is 3. The van der Waals surface area contributed by atoms with Gasteiger partial charge in [0.25, 0.3) is 5.91 Å². The van der Waals surface area contributed by atoms with Crippen LogP contribution < -0.4 is 14.8 Å². The first kappa shape index (κ1) is 16.2. The van der Waals surface area contributed by atoms with Gasteiger partial charge in [-0.15, -0.1) is 0 Å². The minimum absolute atomic E-state index is 0.0457. The zero-order valence-electron chi connectivity index (χ0n) is 14.3. The van der Waals surface area contributed by atoms with Crippen molar-refractivity contribution in [2.75, 3.05) is 26.2 Å². The number of nitrogens with one attached hydrogen (secondary N) is 1. The average molecular weight is 345 g/mol. The molecule has 7 heteroatoms. The fourth-order valence-corrected chi connectivity index (χ4v) is 3.82. The number of likely N-dealkylation sites (tertiary alicyclic amines) is 1. The lowest BCUT2D eigenvalue weighted by atomic mass is 10.0. The van der Waals surface area contributed by atoms with Crippen molar-refractivity contribution in [2.45, 2.75) is 38.0 Å². The molecule has 1 N–H and O–H groups in total. The van der Waals surface area contributed by atoms with Crippen LogP contribution in [0.25, 0.3) is 0 Å². The van der Waals surface area contributed by atoms with Crippen LogP contribution in [0.15, 0.2) is 24.3 Å². The molecule has 1 aromatic rings. The average Bonchev–Trinajstić information content (AvgIpc) is 2.87. The number of carbonyl (C=O) groups excluding carboxylic acids is 2. The van der Waals surface area contributed by atoms with E-state index in [2.05, 4.69) is 10.2 Å². The van der Waals surface area contributed by atoms with E-state index in [4.69, 9.17) is 9.47 Å². The fourth-order valence-electron chi connectivity index (χ4n) is 3.82. The molecule has 1 aromatic carbocycles. The standard InChI is InChI=1S/C18H23N3O4/c1-12-17(22)21(18(23)19-12)13-5-4-8-20(9-13)10-14-11-24-15-6-2-3-7-16(15)25-14/h2-3,6-7,12-14H,4-5,8-11H2,1H3,(H,19,23)/t12-,13-,14-/m0/s1. The molecule has 4 rings (SSSR count). The van der Waals surface area contributed by atoms with Gasteiger partial charge in [0.05, 0.1) is 6.04 Å². The number of benzene rings is 1. The molecule has 3 amide bonds. The van der Waals surface area contributed by atoms with Crippen molar-refractivity contribution in [1.29, 1.82) is 0 Å². The molecule has 0 spiro atoms. The Hall–Kier alpha value is -2.28. The molecule has 0 aromatic heterocycles. The van der Waals surface area contributed by atoms with Gasteiger partial charge in [-0.3, -0.25) is 14.6 Å². The smallest absolute Gasteiger partial charge is 0.325 e. The molecule has 3 aliphatic rings. The van der Waals surface area contributed by atoms with E-state index in [0.717, 1.165) is 37.4 Å². The van der Waals surface area contributed by atoms with Crippen LogP contribution in [-0.2, 0) is 4.79 Å². The summed E-state index contributed by atoms with van der Waals surface area (Å²) in [5.41, 5.74) is 0. The molecule has 3 atom stereocenters. The van der Waals surface area contributed by atoms with Crippen molar-refractivity contribution in [1.82, 2.24) is 15.1 Å². The molecule has 2 saturated heterocycles. The van der Waals surface area contributed by atoms with Crippen molar-refractivity contribution >= 4 is 11.9 Å². The number of hydrogen-bond acceptors (Lipinski definition) is 5. The van der Waals surface area contributed by atoms with Gasteiger partial charge in [0.15, 0.2) is 11.5 Å². The van der Waals surface area contributed by atoms with Crippen LogP contribution in [0.4, 0.5) is 4.79 Å². The second-order valence-corrected chi connectivity index (χ2v) is 6.93. The minimum atomic E-state index is -0.422. The van der Waals surface area contributed by atoms with Gasteiger partial charge in [0.1, 0.15) is 18.8 Å². The molecule has 0 radical (unpaired) electrons. The summed E-state index contributed by atoms with van der Waals surface area (Å²) in [6.45, 7) is 4.60. The van der Waals surface area contributed by atoms with Gasteiger partial charge in [-0.05, 0) is 38.4 Å². The van der Waals surface area contributed by atoms with Crippen molar-refractivity contribution in [3.63, 3.8) is 0 Å². The van der Waals surface area contributed by atoms with Gasteiger partial charge >= 0.3 is 6.03 Å². The third-order valence-corrected chi connectivity index (χ3v) is 5.04. The van der Waals surface area contributed by atoms with E-state index in [1.54, 1.807) is 6.92 Å². The Bertz CT molecular complexity index is 680. The Labute approximate surface area is 146 Å². The zero-order chi connectivity index (χ0) is 17.4. The number of urea groups is 1. The van der Waals surface area contributed by atoms with Crippen LogP contribution in [0.5, 0.6) is 11.5 Å². The number of fused-ring (bicyclic) bond motifs is 1. The Balaban J connectivity index is 1.38. The summed E-state index contributed by atoms with van der Waals surface area (Å²) in [5.74, 6) is 1.43. The summed E-state index contributed by atoms with van der Waals surface area (Å²) in [7, 11) is 0. The van der Waals surface area contributed by atoms with E-state index < -0.39 is 6.04 Å². The summed E-state index contributed by atoms with van der Waals surface area (Å²) in [4.78, 5) is 28.0. The first-order chi connectivity index (χ1) is 12.1. The van der Waals surface area contributed by atoms with Crippen molar-refractivity contribution < 1.29 is 19.1 Å². The maximum atomic E-state index is 12.2. The molecular weight excluding hydrogens is 322 g/mol. The molecule has 3 aliphatic heterocycles. The number of imide groups is 1. The highest BCUT2D eigenvalue weighted by molar-refractivity contribution is 6.04. The third kappa shape index (κ3) is 3.16. The maximum Gasteiger partial charge on any atom is 0.325 e. The number of piperidine rings is 1. The van der Waals surface area contributed by atoms with Gasteiger partial charge < -0.3 is 14.8 Å². The number of ether oxygens (including phenoxy) is 2. The lowest BCUT2D eigenvalue weighted by molar-refractivity contribution is -0.129. The van der Waals surface area contributed by atoms with Crippen molar-refractivity contribution in [3.8, 4) is 11.5 Å². The lowest BCUT2D eigenvalue weighted by Crippen LogP contribution is -2.53. The van der Waals surface area contributed by atoms with E-state index in [1.165, 1.54) is 4.90 Å². The summed E-state index contributed by atoms with van der Waals surface area (Å²) < 4.78 is 11.8. The Kier molecular flexibility index (Phi) is 4.25.